The maximum absolute atomic E-state index is 12.1. The predicted octanol–water partition coefficient (Wildman–Crippen LogP) is 7.10. The summed E-state index contributed by atoms with van der Waals surface area (Å²) in [5.41, 5.74) is 0. The van der Waals surface area contributed by atoms with E-state index in [2.05, 4.69) is 19.2 Å². The van der Waals surface area contributed by atoms with Crippen LogP contribution in [0.2, 0.25) is 0 Å². The number of ether oxygens (including phenoxy) is 1. The molecule has 0 fully saturated rings. The molecule has 0 aromatic carbocycles. The topological polar surface area (TPSA) is 55.4 Å². The van der Waals surface area contributed by atoms with Crippen LogP contribution in [0.1, 0.15) is 136 Å². The molecule has 4 nitrogen and oxygen atoms in total. The highest BCUT2D eigenvalue weighted by atomic mass is 16.5. The lowest BCUT2D eigenvalue weighted by molar-refractivity contribution is -0.145. The molecule has 0 saturated carbocycles. The Balaban J connectivity index is 3.46. The van der Waals surface area contributed by atoms with Crippen molar-refractivity contribution in [3.8, 4) is 0 Å². The molecule has 0 radical (unpaired) electrons. The molecule has 172 valence electrons. The van der Waals surface area contributed by atoms with E-state index < -0.39 is 6.04 Å². The first-order valence-corrected chi connectivity index (χ1v) is 12.5. The molecule has 0 aromatic heterocycles. The lowest BCUT2D eigenvalue weighted by Gasteiger charge is -2.16. The molecular formula is C25H49NO3. The van der Waals surface area contributed by atoms with E-state index in [0.717, 1.165) is 25.7 Å². The number of amides is 1. The second-order valence-electron chi connectivity index (χ2n) is 8.49. The number of esters is 1. The van der Waals surface area contributed by atoms with Gasteiger partial charge in [0.2, 0.25) is 5.91 Å². The Morgan fingerprint density at radius 1 is 0.655 bits per heavy atom. The van der Waals surface area contributed by atoms with Gasteiger partial charge in [0, 0.05) is 6.42 Å². The van der Waals surface area contributed by atoms with Gasteiger partial charge >= 0.3 is 5.97 Å². The monoisotopic (exact) mass is 411 g/mol. The Morgan fingerprint density at radius 2 is 1.07 bits per heavy atom. The minimum absolute atomic E-state index is 0.0220. The third-order valence-corrected chi connectivity index (χ3v) is 5.67. The first-order valence-electron chi connectivity index (χ1n) is 12.5. The molecule has 0 rings (SSSR count). The van der Waals surface area contributed by atoms with E-state index in [-0.39, 0.29) is 11.9 Å². The van der Waals surface area contributed by atoms with Crippen LogP contribution in [0.25, 0.3) is 0 Å². The van der Waals surface area contributed by atoms with Crippen LogP contribution >= 0.6 is 0 Å². The largest absolute Gasteiger partial charge is 0.467 e. The molecule has 1 atom stereocenters. The highest BCUT2D eigenvalue weighted by molar-refractivity contribution is 5.84. The van der Waals surface area contributed by atoms with Gasteiger partial charge in [-0.2, -0.15) is 0 Å². The number of nitrogens with one attached hydrogen (secondary N) is 1. The second kappa shape index (κ2) is 21.6. The van der Waals surface area contributed by atoms with Gasteiger partial charge in [0.05, 0.1) is 7.11 Å². The molecule has 0 heterocycles. The van der Waals surface area contributed by atoms with E-state index in [0.29, 0.717) is 12.8 Å². The number of hydrogen-bond donors (Lipinski definition) is 1. The van der Waals surface area contributed by atoms with Crippen LogP contribution in [0.5, 0.6) is 0 Å². The zero-order chi connectivity index (χ0) is 21.6. The number of carbonyl (C=O) groups is 2. The molecular weight excluding hydrogens is 362 g/mol. The van der Waals surface area contributed by atoms with Crippen molar-refractivity contribution in [1.82, 2.24) is 5.32 Å². The van der Waals surface area contributed by atoms with E-state index >= 15 is 0 Å². The highest BCUT2D eigenvalue weighted by Crippen LogP contribution is 2.14. The summed E-state index contributed by atoms with van der Waals surface area (Å²) >= 11 is 0. The van der Waals surface area contributed by atoms with Crippen molar-refractivity contribution >= 4 is 11.9 Å². The van der Waals surface area contributed by atoms with Crippen molar-refractivity contribution in [3.05, 3.63) is 0 Å². The number of rotatable bonds is 21. The van der Waals surface area contributed by atoms with Gasteiger partial charge in [-0.05, 0) is 12.8 Å². The summed E-state index contributed by atoms with van der Waals surface area (Å²) in [5.74, 6) is -0.352. The summed E-state index contributed by atoms with van der Waals surface area (Å²) in [6.45, 7) is 4.35. The van der Waals surface area contributed by atoms with Gasteiger partial charge in [-0.1, -0.05) is 117 Å². The van der Waals surface area contributed by atoms with Crippen molar-refractivity contribution in [2.24, 2.45) is 0 Å². The van der Waals surface area contributed by atoms with E-state index in [4.69, 9.17) is 4.74 Å². The number of hydrogen-bond acceptors (Lipinski definition) is 3. The second-order valence-corrected chi connectivity index (χ2v) is 8.49. The van der Waals surface area contributed by atoms with Crippen molar-refractivity contribution in [3.63, 3.8) is 0 Å². The predicted molar refractivity (Wildman–Crippen MR) is 123 cm³/mol. The lowest BCUT2D eigenvalue weighted by atomic mass is 10.0. The molecule has 0 bridgehead atoms. The van der Waals surface area contributed by atoms with Gasteiger partial charge in [-0.15, -0.1) is 0 Å². The van der Waals surface area contributed by atoms with Crippen molar-refractivity contribution in [2.45, 2.75) is 142 Å². The summed E-state index contributed by atoms with van der Waals surface area (Å²) in [6, 6.07) is -0.483. The molecule has 0 aliphatic heterocycles. The fourth-order valence-corrected chi connectivity index (χ4v) is 3.72. The summed E-state index contributed by atoms with van der Waals surface area (Å²) in [7, 11) is 1.38. The van der Waals surface area contributed by atoms with Crippen LogP contribution in [-0.2, 0) is 14.3 Å². The first-order chi connectivity index (χ1) is 14.2. The lowest BCUT2D eigenvalue weighted by Crippen LogP contribution is -2.41. The Morgan fingerprint density at radius 3 is 1.48 bits per heavy atom. The van der Waals surface area contributed by atoms with Crippen LogP contribution in [0, 0.1) is 0 Å². The molecule has 0 aliphatic carbocycles. The van der Waals surface area contributed by atoms with Gasteiger partial charge in [-0.25, -0.2) is 4.79 Å². The quantitative estimate of drug-likeness (QED) is 0.162. The van der Waals surface area contributed by atoms with E-state index in [9.17, 15) is 9.59 Å². The van der Waals surface area contributed by atoms with Crippen LogP contribution in [0.3, 0.4) is 0 Å². The molecule has 0 aromatic rings. The van der Waals surface area contributed by atoms with Gasteiger partial charge < -0.3 is 10.1 Å². The molecule has 1 amide bonds. The zero-order valence-corrected chi connectivity index (χ0v) is 19.7. The Hall–Kier alpha value is -1.06. The van der Waals surface area contributed by atoms with Crippen LogP contribution in [0.15, 0.2) is 0 Å². The average Bonchev–Trinajstić information content (AvgIpc) is 2.73. The minimum atomic E-state index is -0.483. The van der Waals surface area contributed by atoms with Gasteiger partial charge in [0.15, 0.2) is 0 Å². The molecule has 0 saturated heterocycles. The average molecular weight is 412 g/mol. The molecule has 1 N–H and O–H groups in total. The smallest absolute Gasteiger partial charge is 0.328 e. The van der Waals surface area contributed by atoms with Gasteiger partial charge in [-0.3, -0.25) is 4.79 Å². The Labute approximate surface area is 180 Å². The normalized spacial score (nSPS) is 12.0. The van der Waals surface area contributed by atoms with Crippen LogP contribution in [0.4, 0.5) is 0 Å². The van der Waals surface area contributed by atoms with Crippen molar-refractivity contribution in [1.29, 1.82) is 0 Å². The standard InChI is InChI=1S/C25H49NO3/c1-4-6-8-9-10-11-12-13-14-15-16-17-18-19-20-22-24(27)26-23(21-7-5-2)25(28)29-3/h23H,4-22H2,1-3H3,(H,26,27). The molecule has 29 heavy (non-hydrogen) atoms. The third-order valence-electron chi connectivity index (χ3n) is 5.67. The summed E-state index contributed by atoms with van der Waals surface area (Å²) in [4.78, 5) is 23.8. The maximum atomic E-state index is 12.1. The molecule has 0 spiro atoms. The summed E-state index contributed by atoms with van der Waals surface area (Å²) < 4.78 is 4.79. The fourth-order valence-electron chi connectivity index (χ4n) is 3.72. The third kappa shape index (κ3) is 18.7. The number of carbonyl (C=O) groups excluding carboxylic acids is 2. The summed E-state index contributed by atoms with van der Waals surface area (Å²) in [6.07, 6.45) is 22.9. The van der Waals surface area contributed by atoms with Crippen molar-refractivity contribution < 1.29 is 14.3 Å². The maximum Gasteiger partial charge on any atom is 0.328 e. The SMILES string of the molecule is CCCCCCCCCCCCCCCCCC(=O)NC(CCCC)C(=O)OC. The van der Waals surface area contributed by atoms with Crippen LogP contribution < -0.4 is 5.32 Å². The fraction of sp³-hybridized carbons (Fsp3) is 0.920. The summed E-state index contributed by atoms with van der Waals surface area (Å²) in [5, 5.41) is 2.84. The van der Waals surface area contributed by atoms with Gasteiger partial charge in [0.1, 0.15) is 6.04 Å². The zero-order valence-electron chi connectivity index (χ0n) is 19.7. The van der Waals surface area contributed by atoms with E-state index in [1.807, 2.05) is 0 Å². The van der Waals surface area contributed by atoms with Crippen LogP contribution in [-0.4, -0.2) is 25.0 Å². The van der Waals surface area contributed by atoms with Crippen molar-refractivity contribution in [2.75, 3.05) is 7.11 Å². The van der Waals surface area contributed by atoms with E-state index in [1.54, 1.807) is 0 Å². The Kier molecular flexibility index (Phi) is 20.9. The minimum Gasteiger partial charge on any atom is -0.467 e. The van der Waals surface area contributed by atoms with E-state index in [1.165, 1.54) is 90.6 Å². The van der Waals surface area contributed by atoms with Gasteiger partial charge in [0.25, 0.3) is 0 Å². The number of methoxy groups -OCH3 is 1. The molecule has 4 heteroatoms. The Bertz CT molecular complexity index is 384. The highest BCUT2D eigenvalue weighted by Gasteiger charge is 2.20. The molecule has 0 aliphatic rings. The first kappa shape index (κ1) is 27.9. The number of unbranched alkanes of at least 4 members (excludes halogenated alkanes) is 15. The molecule has 1 unspecified atom stereocenters.